The molecule has 104 valence electrons. The van der Waals surface area contributed by atoms with E-state index in [9.17, 15) is 4.79 Å². The maximum atomic E-state index is 11.4. The Balaban J connectivity index is 2.21. The Labute approximate surface area is 113 Å². The molecule has 0 saturated carbocycles. The lowest BCUT2D eigenvalue weighted by atomic mass is 10.2. The molecule has 0 aromatic heterocycles. The van der Waals surface area contributed by atoms with Crippen LogP contribution in [0.1, 0.15) is 20.3 Å². The van der Waals surface area contributed by atoms with Crippen molar-refractivity contribution in [3.63, 3.8) is 0 Å². The third kappa shape index (κ3) is 3.30. The Morgan fingerprint density at radius 1 is 1.37 bits per heavy atom. The summed E-state index contributed by atoms with van der Waals surface area (Å²) >= 11 is 0. The summed E-state index contributed by atoms with van der Waals surface area (Å²) in [5.41, 5.74) is 7.76. The van der Waals surface area contributed by atoms with E-state index in [0.29, 0.717) is 30.9 Å². The first-order valence-corrected chi connectivity index (χ1v) is 6.64. The smallest absolute Gasteiger partial charge is 0.221 e. The molecule has 0 bridgehead atoms. The normalized spacial score (nSPS) is 16.2. The van der Waals surface area contributed by atoms with Gasteiger partial charge in [0.15, 0.2) is 0 Å². The second-order valence-corrected chi connectivity index (χ2v) is 4.94. The molecule has 2 rings (SSSR count). The number of amides is 1. The van der Waals surface area contributed by atoms with Crippen LogP contribution in [0, 0.1) is 0 Å². The lowest BCUT2D eigenvalue weighted by Crippen LogP contribution is -2.29. The first-order valence-electron chi connectivity index (χ1n) is 6.64. The zero-order valence-electron chi connectivity index (χ0n) is 11.5. The quantitative estimate of drug-likeness (QED) is 0.809. The minimum Gasteiger partial charge on any atom is -0.489 e. The number of carbonyl (C=O) groups excluding carboxylic acids is 1. The average molecular weight is 263 g/mol. The number of nitrogens with two attached hydrogens (primary N) is 1. The van der Waals surface area contributed by atoms with Crippen LogP contribution >= 0.6 is 0 Å². The third-order valence-electron chi connectivity index (χ3n) is 3.06. The average Bonchev–Trinajstić information content (AvgIpc) is 2.56. The fraction of sp³-hybridized carbons (Fsp3) is 0.500. The van der Waals surface area contributed by atoms with Gasteiger partial charge in [0, 0.05) is 26.1 Å². The molecule has 1 heterocycles. The van der Waals surface area contributed by atoms with Gasteiger partial charge in [-0.05, 0) is 26.0 Å². The van der Waals surface area contributed by atoms with Crippen molar-refractivity contribution >= 4 is 17.3 Å². The van der Waals surface area contributed by atoms with Crippen molar-refractivity contribution in [2.75, 3.05) is 30.3 Å². The molecule has 5 nitrogen and oxygen atoms in total. The lowest BCUT2D eigenvalue weighted by Gasteiger charge is -2.25. The Morgan fingerprint density at radius 2 is 2.16 bits per heavy atom. The molecule has 1 aliphatic heterocycles. The van der Waals surface area contributed by atoms with E-state index in [-0.39, 0.29) is 12.0 Å². The predicted molar refractivity (Wildman–Crippen MR) is 76.5 cm³/mol. The molecule has 1 fully saturated rings. The molecule has 5 heteroatoms. The second-order valence-electron chi connectivity index (χ2n) is 4.94. The number of carbonyl (C=O) groups is 1. The molecular weight excluding hydrogens is 242 g/mol. The maximum absolute atomic E-state index is 11.4. The van der Waals surface area contributed by atoms with E-state index in [4.69, 9.17) is 10.5 Å². The van der Waals surface area contributed by atoms with Crippen molar-refractivity contribution in [2.24, 2.45) is 0 Å². The van der Waals surface area contributed by atoms with Gasteiger partial charge in [-0.3, -0.25) is 4.79 Å². The van der Waals surface area contributed by atoms with Gasteiger partial charge in [0.05, 0.1) is 17.5 Å². The second kappa shape index (κ2) is 5.82. The number of ether oxygens (including phenoxy) is 1. The van der Waals surface area contributed by atoms with Gasteiger partial charge in [0.1, 0.15) is 5.75 Å². The number of rotatable bonds is 3. The van der Waals surface area contributed by atoms with Crippen LogP contribution < -0.4 is 20.7 Å². The summed E-state index contributed by atoms with van der Waals surface area (Å²) in [4.78, 5) is 13.5. The minimum atomic E-state index is 0.0879. The van der Waals surface area contributed by atoms with Gasteiger partial charge < -0.3 is 20.7 Å². The first kappa shape index (κ1) is 13.5. The molecule has 0 radical (unpaired) electrons. The Morgan fingerprint density at radius 3 is 2.89 bits per heavy atom. The van der Waals surface area contributed by atoms with Gasteiger partial charge in [-0.2, -0.15) is 0 Å². The molecule has 0 atom stereocenters. The highest BCUT2D eigenvalue weighted by molar-refractivity contribution is 5.79. The van der Waals surface area contributed by atoms with Gasteiger partial charge in [-0.25, -0.2) is 0 Å². The number of benzene rings is 1. The minimum absolute atomic E-state index is 0.0879. The zero-order chi connectivity index (χ0) is 13.8. The molecule has 1 aliphatic rings. The Hall–Kier alpha value is -1.91. The summed E-state index contributed by atoms with van der Waals surface area (Å²) in [6.07, 6.45) is 0.583. The topological polar surface area (TPSA) is 67.6 Å². The van der Waals surface area contributed by atoms with Crippen LogP contribution in [0.2, 0.25) is 0 Å². The number of nitrogens with zero attached hydrogens (tertiary/aromatic N) is 1. The fourth-order valence-corrected chi connectivity index (χ4v) is 2.17. The van der Waals surface area contributed by atoms with Gasteiger partial charge in [-0.15, -0.1) is 0 Å². The van der Waals surface area contributed by atoms with E-state index < -0.39 is 0 Å². The van der Waals surface area contributed by atoms with Crippen LogP contribution in [0.3, 0.4) is 0 Å². The molecular formula is C14H21N3O2. The summed E-state index contributed by atoms with van der Waals surface area (Å²) in [6.45, 7) is 6.04. The van der Waals surface area contributed by atoms with Crippen LogP contribution in [-0.4, -0.2) is 31.6 Å². The Bertz CT molecular complexity index is 460. The van der Waals surface area contributed by atoms with Crippen molar-refractivity contribution in [1.29, 1.82) is 0 Å². The highest BCUT2D eigenvalue weighted by atomic mass is 16.5. The summed E-state index contributed by atoms with van der Waals surface area (Å²) < 4.78 is 5.69. The number of nitrogen functional groups attached to an aromatic ring is 1. The molecule has 0 spiro atoms. The van der Waals surface area contributed by atoms with Crippen molar-refractivity contribution < 1.29 is 9.53 Å². The van der Waals surface area contributed by atoms with Crippen LogP contribution in [0.4, 0.5) is 11.4 Å². The highest BCUT2D eigenvalue weighted by Gasteiger charge is 2.17. The molecule has 1 saturated heterocycles. The van der Waals surface area contributed by atoms with Crippen LogP contribution in [-0.2, 0) is 4.79 Å². The highest BCUT2D eigenvalue weighted by Crippen LogP contribution is 2.33. The van der Waals surface area contributed by atoms with Crippen molar-refractivity contribution in [1.82, 2.24) is 5.32 Å². The summed E-state index contributed by atoms with van der Waals surface area (Å²) in [5.74, 6) is 0.798. The first-order chi connectivity index (χ1) is 9.08. The molecule has 1 amide bonds. The Kier molecular flexibility index (Phi) is 4.14. The number of hydrogen-bond donors (Lipinski definition) is 2. The molecule has 1 aromatic rings. The molecule has 1 aromatic carbocycles. The monoisotopic (exact) mass is 263 g/mol. The molecule has 0 aliphatic carbocycles. The van der Waals surface area contributed by atoms with Crippen molar-refractivity contribution in [3.8, 4) is 5.75 Å². The predicted octanol–water partition coefficient (Wildman–Crippen LogP) is 1.38. The number of nitrogens with one attached hydrogen (secondary N) is 1. The summed E-state index contributed by atoms with van der Waals surface area (Å²) in [5, 5.41) is 2.86. The number of para-hydroxylation sites is 1. The SMILES string of the molecule is CC(C)Oc1cccc(N2CCNC(=O)CC2)c1N. The van der Waals surface area contributed by atoms with E-state index in [1.165, 1.54) is 0 Å². The van der Waals surface area contributed by atoms with E-state index in [1.54, 1.807) is 0 Å². The summed E-state index contributed by atoms with van der Waals surface area (Å²) in [7, 11) is 0. The number of hydrogen-bond acceptors (Lipinski definition) is 4. The van der Waals surface area contributed by atoms with E-state index in [2.05, 4.69) is 10.2 Å². The van der Waals surface area contributed by atoms with Crippen LogP contribution in [0.25, 0.3) is 0 Å². The standard InChI is InChI=1S/C14H21N3O2/c1-10(2)19-12-5-3-4-11(14(12)15)17-8-6-13(18)16-7-9-17/h3-5,10H,6-9,15H2,1-2H3,(H,16,18). The van der Waals surface area contributed by atoms with Gasteiger partial charge in [0.25, 0.3) is 0 Å². The van der Waals surface area contributed by atoms with E-state index >= 15 is 0 Å². The summed E-state index contributed by atoms with van der Waals surface area (Å²) in [6, 6.07) is 5.78. The van der Waals surface area contributed by atoms with Gasteiger partial charge >= 0.3 is 0 Å². The molecule has 0 unspecified atom stereocenters. The largest absolute Gasteiger partial charge is 0.489 e. The third-order valence-corrected chi connectivity index (χ3v) is 3.06. The van der Waals surface area contributed by atoms with E-state index in [1.807, 2.05) is 32.0 Å². The molecule has 3 N–H and O–H groups in total. The lowest BCUT2D eigenvalue weighted by molar-refractivity contribution is -0.120. The van der Waals surface area contributed by atoms with Gasteiger partial charge in [-0.1, -0.05) is 6.07 Å². The van der Waals surface area contributed by atoms with Crippen LogP contribution in [0.15, 0.2) is 18.2 Å². The fourth-order valence-electron chi connectivity index (χ4n) is 2.17. The van der Waals surface area contributed by atoms with Crippen molar-refractivity contribution in [2.45, 2.75) is 26.4 Å². The van der Waals surface area contributed by atoms with Crippen molar-refractivity contribution in [3.05, 3.63) is 18.2 Å². The van der Waals surface area contributed by atoms with E-state index in [0.717, 1.165) is 12.2 Å². The van der Waals surface area contributed by atoms with Crippen LogP contribution in [0.5, 0.6) is 5.75 Å². The maximum Gasteiger partial charge on any atom is 0.221 e. The zero-order valence-corrected chi connectivity index (χ0v) is 11.5. The molecule has 19 heavy (non-hydrogen) atoms. The number of anilines is 2. The van der Waals surface area contributed by atoms with Gasteiger partial charge in [0.2, 0.25) is 5.91 Å².